The number of hydrogen-bond donors (Lipinski definition) is 2. The molecule has 0 saturated heterocycles. The molecule has 1 atom stereocenters. The zero-order valence-corrected chi connectivity index (χ0v) is 15.2. The standard InChI is InChI=1S/C18H17ClN4OS/c1-11-17(12-2-4-13(19)5-3-12)18(24)23(22-11)16-9-8-15(10-21-16)25(20)14-6-7-14/h2-5,8-10,14,20,22H,6-7H2,1H3/t25-/m1/s1. The van der Waals surface area contributed by atoms with Crippen molar-refractivity contribution in [2.75, 3.05) is 0 Å². The maximum atomic E-state index is 12.8. The van der Waals surface area contributed by atoms with Crippen LogP contribution in [0.2, 0.25) is 5.02 Å². The summed E-state index contributed by atoms with van der Waals surface area (Å²) < 4.78 is 9.66. The molecular weight excluding hydrogens is 356 g/mol. The van der Waals surface area contributed by atoms with Crippen LogP contribution in [-0.4, -0.2) is 20.0 Å². The second kappa shape index (κ2) is 6.28. The van der Waals surface area contributed by atoms with Crippen molar-refractivity contribution in [2.45, 2.75) is 29.9 Å². The molecule has 1 aliphatic rings. The van der Waals surface area contributed by atoms with Gasteiger partial charge >= 0.3 is 0 Å². The van der Waals surface area contributed by atoms with Crippen molar-refractivity contribution in [3.05, 3.63) is 63.7 Å². The predicted octanol–water partition coefficient (Wildman–Crippen LogP) is 4.09. The number of halogens is 1. The van der Waals surface area contributed by atoms with Crippen molar-refractivity contribution in [3.63, 3.8) is 0 Å². The fourth-order valence-corrected chi connectivity index (χ4v) is 4.29. The average Bonchev–Trinajstić information content (AvgIpc) is 3.42. The minimum absolute atomic E-state index is 0.146. The molecule has 1 saturated carbocycles. The Bertz CT molecular complexity index is 1000. The molecule has 25 heavy (non-hydrogen) atoms. The van der Waals surface area contributed by atoms with Crippen LogP contribution in [0, 0.1) is 11.7 Å². The molecule has 7 heteroatoms. The number of H-pyrrole nitrogens is 1. The van der Waals surface area contributed by atoms with E-state index in [0.717, 1.165) is 29.0 Å². The second-order valence-electron chi connectivity index (χ2n) is 6.15. The second-order valence-corrected chi connectivity index (χ2v) is 8.40. The van der Waals surface area contributed by atoms with E-state index in [0.29, 0.717) is 21.7 Å². The summed E-state index contributed by atoms with van der Waals surface area (Å²) in [6.45, 7) is 1.87. The third kappa shape index (κ3) is 3.07. The molecule has 0 radical (unpaired) electrons. The van der Waals surface area contributed by atoms with Gasteiger partial charge < -0.3 is 0 Å². The summed E-state index contributed by atoms with van der Waals surface area (Å²) in [6.07, 6.45) is 3.98. The SMILES string of the molecule is Cc1[nH]n(-c2ccc([S@](=N)C3CC3)cn2)c(=O)c1-c1ccc(Cl)cc1. The number of nitrogens with one attached hydrogen (secondary N) is 2. The molecule has 2 N–H and O–H groups in total. The number of pyridine rings is 1. The monoisotopic (exact) mass is 372 g/mol. The zero-order valence-electron chi connectivity index (χ0n) is 13.6. The Morgan fingerprint density at radius 3 is 2.56 bits per heavy atom. The van der Waals surface area contributed by atoms with E-state index in [1.807, 2.05) is 25.1 Å². The van der Waals surface area contributed by atoms with E-state index in [4.69, 9.17) is 16.4 Å². The molecule has 2 heterocycles. The minimum Gasteiger partial charge on any atom is -0.293 e. The summed E-state index contributed by atoms with van der Waals surface area (Å²) in [5.41, 5.74) is 2.06. The van der Waals surface area contributed by atoms with Gasteiger partial charge in [-0.1, -0.05) is 34.4 Å². The molecular formula is C18H17ClN4OS. The van der Waals surface area contributed by atoms with Gasteiger partial charge in [0.15, 0.2) is 5.82 Å². The van der Waals surface area contributed by atoms with Crippen molar-refractivity contribution in [2.24, 2.45) is 0 Å². The Kier molecular flexibility index (Phi) is 4.09. The average molecular weight is 373 g/mol. The van der Waals surface area contributed by atoms with Gasteiger partial charge in [-0.2, -0.15) is 0 Å². The molecule has 0 amide bonds. The number of aromatic amines is 1. The van der Waals surface area contributed by atoms with Gasteiger partial charge in [0.1, 0.15) is 0 Å². The van der Waals surface area contributed by atoms with Gasteiger partial charge in [-0.3, -0.25) is 14.7 Å². The van der Waals surface area contributed by atoms with Crippen molar-refractivity contribution < 1.29 is 0 Å². The quantitative estimate of drug-likeness (QED) is 0.723. The van der Waals surface area contributed by atoms with Gasteiger partial charge in [-0.05, 0) is 49.6 Å². The third-order valence-corrected chi connectivity index (χ3v) is 6.41. The fraction of sp³-hybridized carbons (Fsp3) is 0.222. The summed E-state index contributed by atoms with van der Waals surface area (Å²) in [5.74, 6) is 0.532. The van der Waals surface area contributed by atoms with Crippen LogP contribution in [0.15, 0.2) is 52.3 Å². The van der Waals surface area contributed by atoms with Crippen LogP contribution in [0.4, 0.5) is 0 Å². The lowest BCUT2D eigenvalue weighted by molar-refractivity contribution is 0.804. The molecule has 0 aliphatic heterocycles. The first-order valence-corrected chi connectivity index (χ1v) is 9.69. The Labute approximate surface area is 152 Å². The van der Waals surface area contributed by atoms with Crippen LogP contribution in [-0.2, 0) is 10.7 Å². The van der Waals surface area contributed by atoms with E-state index in [1.165, 1.54) is 4.68 Å². The maximum Gasteiger partial charge on any atom is 0.280 e. The first-order valence-electron chi connectivity index (χ1n) is 8.03. The van der Waals surface area contributed by atoms with Crippen LogP contribution < -0.4 is 5.56 Å². The number of nitrogens with zero attached hydrogens (tertiary/aromatic N) is 2. The highest BCUT2D eigenvalue weighted by molar-refractivity contribution is 7.87. The fourth-order valence-electron chi connectivity index (χ4n) is 2.80. The van der Waals surface area contributed by atoms with Gasteiger partial charge in [0.25, 0.3) is 5.56 Å². The molecule has 1 aromatic carbocycles. The first-order chi connectivity index (χ1) is 12.0. The van der Waals surface area contributed by atoms with E-state index in [2.05, 4.69) is 10.1 Å². The number of hydrogen-bond acceptors (Lipinski definition) is 3. The van der Waals surface area contributed by atoms with Crippen LogP contribution in [0.3, 0.4) is 0 Å². The largest absolute Gasteiger partial charge is 0.293 e. The Morgan fingerprint density at radius 1 is 1.24 bits per heavy atom. The molecule has 128 valence electrons. The van der Waals surface area contributed by atoms with Gasteiger partial charge in [0.2, 0.25) is 0 Å². The lowest BCUT2D eigenvalue weighted by Gasteiger charge is -2.05. The lowest BCUT2D eigenvalue weighted by atomic mass is 10.1. The molecule has 5 nitrogen and oxygen atoms in total. The molecule has 3 aromatic rings. The normalized spacial score (nSPS) is 15.3. The molecule has 1 aliphatic carbocycles. The van der Waals surface area contributed by atoms with Gasteiger partial charge in [-0.25, -0.2) is 9.67 Å². The molecule has 4 rings (SSSR count). The van der Waals surface area contributed by atoms with E-state index in [-0.39, 0.29) is 5.56 Å². The van der Waals surface area contributed by atoms with E-state index >= 15 is 0 Å². The summed E-state index contributed by atoms with van der Waals surface area (Å²) in [7, 11) is -0.498. The van der Waals surface area contributed by atoms with Crippen molar-refractivity contribution >= 4 is 22.3 Å². The number of rotatable bonds is 4. The van der Waals surface area contributed by atoms with E-state index in [9.17, 15) is 4.79 Å². The predicted molar refractivity (Wildman–Crippen MR) is 101 cm³/mol. The molecule has 0 bridgehead atoms. The number of aryl methyl sites for hydroxylation is 1. The van der Waals surface area contributed by atoms with E-state index in [1.54, 1.807) is 24.4 Å². The van der Waals surface area contributed by atoms with E-state index < -0.39 is 10.7 Å². The minimum atomic E-state index is -0.498. The van der Waals surface area contributed by atoms with Gasteiger partial charge in [0.05, 0.1) is 5.56 Å². The molecule has 0 spiro atoms. The van der Waals surface area contributed by atoms with Crippen molar-refractivity contribution in [1.29, 1.82) is 4.78 Å². The topological polar surface area (TPSA) is 74.5 Å². The first kappa shape index (κ1) is 16.3. The van der Waals surface area contributed by atoms with Crippen LogP contribution >= 0.6 is 11.6 Å². The Morgan fingerprint density at radius 2 is 1.96 bits per heavy atom. The number of aromatic nitrogens is 3. The number of benzene rings is 1. The third-order valence-electron chi connectivity index (χ3n) is 4.27. The van der Waals surface area contributed by atoms with Gasteiger partial charge in [-0.15, -0.1) is 0 Å². The Balaban J connectivity index is 1.71. The van der Waals surface area contributed by atoms with Crippen LogP contribution in [0.5, 0.6) is 0 Å². The zero-order chi connectivity index (χ0) is 17.6. The molecule has 0 unspecified atom stereocenters. The van der Waals surface area contributed by atoms with Gasteiger partial charge in [0, 0.05) is 27.1 Å². The highest BCUT2D eigenvalue weighted by atomic mass is 35.5. The maximum absolute atomic E-state index is 12.8. The Hall–Kier alpha value is -2.18. The summed E-state index contributed by atoms with van der Waals surface area (Å²) in [6, 6.07) is 10.9. The highest BCUT2D eigenvalue weighted by Gasteiger charge is 2.26. The van der Waals surface area contributed by atoms with Crippen LogP contribution in [0.25, 0.3) is 16.9 Å². The van der Waals surface area contributed by atoms with Crippen molar-refractivity contribution in [3.8, 4) is 16.9 Å². The highest BCUT2D eigenvalue weighted by Crippen LogP contribution is 2.30. The summed E-state index contributed by atoms with van der Waals surface area (Å²) >= 11 is 5.93. The molecule has 1 fully saturated rings. The van der Waals surface area contributed by atoms with Crippen molar-refractivity contribution in [1.82, 2.24) is 14.8 Å². The smallest absolute Gasteiger partial charge is 0.280 e. The molecule has 2 aromatic heterocycles. The lowest BCUT2D eigenvalue weighted by Crippen LogP contribution is -2.17. The summed E-state index contributed by atoms with van der Waals surface area (Å²) in [5, 5.41) is 4.21. The summed E-state index contributed by atoms with van der Waals surface area (Å²) in [4.78, 5) is 18.2. The van der Waals surface area contributed by atoms with Crippen LogP contribution in [0.1, 0.15) is 18.5 Å².